The largest absolute Gasteiger partial charge is 0.368 e. The zero-order valence-corrected chi connectivity index (χ0v) is 24.4. The summed E-state index contributed by atoms with van der Waals surface area (Å²) in [6.45, 7) is 11.0. The molecule has 0 radical (unpaired) electrons. The predicted molar refractivity (Wildman–Crippen MR) is 161 cm³/mol. The van der Waals surface area contributed by atoms with E-state index in [1.54, 1.807) is 0 Å². The van der Waals surface area contributed by atoms with Crippen molar-refractivity contribution in [2.24, 2.45) is 0 Å². The summed E-state index contributed by atoms with van der Waals surface area (Å²) in [7, 11) is 0. The van der Waals surface area contributed by atoms with Crippen LogP contribution in [0.4, 0.5) is 5.69 Å². The van der Waals surface area contributed by atoms with Gasteiger partial charge in [0.1, 0.15) is 10.7 Å². The van der Waals surface area contributed by atoms with E-state index in [4.69, 9.17) is 4.98 Å². The van der Waals surface area contributed by atoms with E-state index in [1.165, 1.54) is 22.6 Å². The molecule has 1 fully saturated rings. The highest BCUT2D eigenvalue weighted by atomic mass is 32.1. The van der Waals surface area contributed by atoms with Crippen molar-refractivity contribution in [1.29, 1.82) is 0 Å². The van der Waals surface area contributed by atoms with E-state index in [2.05, 4.69) is 53.6 Å². The van der Waals surface area contributed by atoms with E-state index in [1.807, 2.05) is 58.6 Å². The van der Waals surface area contributed by atoms with Gasteiger partial charge in [-0.1, -0.05) is 43.3 Å². The third-order valence-corrected chi connectivity index (χ3v) is 8.37. The SMILES string of the molecule is CCCN(Cc1cccn1Cc1nc(C(=O)N2CCN(c3ccccc3C)CC2)cs1)C(=O)c1ccccc1C. The third kappa shape index (κ3) is 6.12. The molecule has 1 aliphatic heterocycles. The van der Waals surface area contributed by atoms with Crippen LogP contribution in [-0.2, 0) is 13.1 Å². The Labute approximate surface area is 240 Å². The molecule has 5 rings (SSSR count). The Balaban J connectivity index is 1.22. The Bertz CT molecular complexity index is 1470. The Morgan fingerprint density at radius 1 is 0.925 bits per heavy atom. The summed E-state index contributed by atoms with van der Waals surface area (Å²) in [6.07, 6.45) is 2.90. The molecule has 0 saturated carbocycles. The molecule has 4 aromatic rings. The first-order chi connectivity index (χ1) is 19.4. The molecule has 8 heteroatoms. The minimum atomic E-state index is -0.00221. The molecule has 2 aromatic carbocycles. The molecule has 1 aliphatic rings. The van der Waals surface area contributed by atoms with Crippen LogP contribution >= 0.6 is 11.3 Å². The molecule has 0 aliphatic carbocycles. The van der Waals surface area contributed by atoms with Crippen LogP contribution in [0.15, 0.2) is 72.2 Å². The van der Waals surface area contributed by atoms with Crippen LogP contribution in [0.25, 0.3) is 0 Å². The van der Waals surface area contributed by atoms with Crippen molar-refractivity contribution in [2.45, 2.75) is 40.3 Å². The van der Waals surface area contributed by atoms with Crippen LogP contribution in [0.2, 0.25) is 0 Å². The molecule has 7 nitrogen and oxygen atoms in total. The van der Waals surface area contributed by atoms with Gasteiger partial charge >= 0.3 is 0 Å². The third-order valence-electron chi connectivity index (χ3n) is 7.53. The number of anilines is 1. The molecule has 0 bridgehead atoms. The summed E-state index contributed by atoms with van der Waals surface area (Å²) in [5.41, 5.74) is 5.79. The number of amides is 2. The van der Waals surface area contributed by atoms with Gasteiger partial charge < -0.3 is 19.3 Å². The summed E-state index contributed by atoms with van der Waals surface area (Å²) in [4.78, 5) is 37.5. The second kappa shape index (κ2) is 12.5. The number of hydrogen-bond acceptors (Lipinski definition) is 5. The van der Waals surface area contributed by atoms with E-state index in [0.717, 1.165) is 41.3 Å². The maximum atomic E-state index is 13.4. The number of hydrogen-bond donors (Lipinski definition) is 0. The molecule has 0 unspecified atom stereocenters. The average molecular weight is 556 g/mol. The molecular formula is C32H37N5O2S. The lowest BCUT2D eigenvalue weighted by atomic mass is 10.1. The molecule has 208 valence electrons. The minimum absolute atomic E-state index is 0.00221. The van der Waals surface area contributed by atoms with Gasteiger partial charge in [0.15, 0.2) is 0 Å². The molecule has 1 saturated heterocycles. The molecule has 40 heavy (non-hydrogen) atoms. The number of para-hydroxylation sites is 1. The van der Waals surface area contributed by atoms with Gasteiger partial charge in [0, 0.05) is 61.2 Å². The van der Waals surface area contributed by atoms with Gasteiger partial charge in [0.2, 0.25) is 0 Å². The summed E-state index contributed by atoms with van der Waals surface area (Å²) >= 11 is 1.51. The van der Waals surface area contributed by atoms with Crippen molar-refractivity contribution in [3.05, 3.63) is 105 Å². The van der Waals surface area contributed by atoms with E-state index < -0.39 is 0 Å². The number of thiazole rings is 1. The van der Waals surface area contributed by atoms with Crippen molar-refractivity contribution >= 4 is 28.8 Å². The van der Waals surface area contributed by atoms with Gasteiger partial charge in [-0.15, -0.1) is 11.3 Å². The molecule has 2 aromatic heterocycles. The highest BCUT2D eigenvalue weighted by Gasteiger charge is 2.25. The van der Waals surface area contributed by atoms with Gasteiger partial charge in [-0.05, 0) is 55.7 Å². The minimum Gasteiger partial charge on any atom is -0.368 e. The second-order valence-corrected chi connectivity index (χ2v) is 11.3. The summed E-state index contributed by atoms with van der Waals surface area (Å²) in [5, 5.41) is 2.76. The van der Waals surface area contributed by atoms with Gasteiger partial charge in [-0.25, -0.2) is 4.98 Å². The highest BCUT2D eigenvalue weighted by molar-refractivity contribution is 7.09. The van der Waals surface area contributed by atoms with Gasteiger partial charge in [0.25, 0.3) is 11.8 Å². The van der Waals surface area contributed by atoms with Gasteiger partial charge in [-0.3, -0.25) is 9.59 Å². The van der Waals surface area contributed by atoms with Crippen molar-refractivity contribution in [1.82, 2.24) is 19.4 Å². The topological polar surface area (TPSA) is 61.7 Å². The first kappa shape index (κ1) is 27.6. The van der Waals surface area contributed by atoms with Crippen LogP contribution in [0.3, 0.4) is 0 Å². The Morgan fingerprint density at radius 3 is 2.38 bits per heavy atom. The monoisotopic (exact) mass is 555 g/mol. The predicted octanol–water partition coefficient (Wildman–Crippen LogP) is 5.62. The lowest BCUT2D eigenvalue weighted by Crippen LogP contribution is -2.49. The second-order valence-electron chi connectivity index (χ2n) is 10.4. The quantitative estimate of drug-likeness (QED) is 0.269. The number of benzene rings is 2. The summed E-state index contributed by atoms with van der Waals surface area (Å²) < 4.78 is 2.13. The number of carbonyl (C=O) groups excluding carboxylic acids is 2. The van der Waals surface area contributed by atoms with Gasteiger partial charge in [0.05, 0.1) is 13.1 Å². The lowest BCUT2D eigenvalue weighted by molar-refractivity contribution is 0.0732. The van der Waals surface area contributed by atoms with Crippen molar-refractivity contribution in [2.75, 3.05) is 37.6 Å². The van der Waals surface area contributed by atoms with Crippen molar-refractivity contribution in [3.63, 3.8) is 0 Å². The van der Waals surface area contributed by atoms with Crippen molar-refractivity contribution < 1.29 is 9.59 Å². The number of carbonyl (C=O) groups is 2. The summed E-state index contributed by atoms with van der Waals surface area (Å²) in [6, 6.07) is 20.2. The standard InChI is InChI=1S/C32H37N5O2S/c1-4-15-37(31(38)27-13-7-5-10-24(27)2)21-26-12-9-16-36(26)22-30-33-28(23-40-30)32(39)35-19-17-34(18-20-35)29-14-8-6-11-25(29)3/h5-14,16,23H,4,15,17-22H2,1-3H3. The van der Waals surface area contributed by atoms with Crippen LogP contribution in [-0.4, -0.2) is 63.9 Å². The first-order valence-corrected chi connectivity index (χ1v) is 14.9. The fourth-order valence-electron chi connectivity index (χ4n) is 5.31. The zero-order chi connectivity index (χ0) is 28.1. The molecule has 0 atom stereocenters. The van der Waals surface area contributed by atoms with Gasteiger partial charge in [-0.2, -0.15) is 0 Å². The first-order valence-electron chi connectivity index (χ1n) is 14.0. The molecular weight excluding hydrogens is 518 g/mol. The van der Waals surface area contributed by atoms with Crippen LogP contribution in [0, 0.1) is 13.8 Å². The Morgan fingerprint density at radius 2 is 1.65 bits per heavy atom. The summed E-state index contributed by atoms with van der Waals surface area (Å²) in [5.74, 6) is 0.0509. The Kier molecular flexibility index (Phi) is 8.65. The molecule has 2 amide bonds. The molecule has 0 spiro atoms. The number of piperazine rings is 1. The maximum Gasteiger partial charge on any atom is 0.273 e. The normalized spacial score (nSPS) is 13.5. The zero-order valence-electron chi connectivity index (χ0n) is 23.5. The Hall–Kier alpha value is -3.91. The van der Waals surface area contributed by atoms with Crippen molar-refractivity contribution in [3.8, 4) is 0 Å². The fourth-order valence-corrected chi connectivity index (χ4v) is 6.07. The smallest absolute Gasteiger partial charge is 0.273 e. The molecule has 0 N–H and O–H groups in total. The van der Waals surface area contributed by atoms with E-state index in [0.29, 0.717) is 38.4 Å². The van der Waals surface area contributed by atoms with E-state index >= 15 is 0 Å². The number of rotatable bonds is 9. The van der Waals surface area contributed by atoms with Crippen LogP contribution in [0.5, 0.6) is 0 Å². The number of aryl methyl sites for hydroxylation is 2. The van der Waals surface area contributed by atoms with E-state index in [9.17, 15) is 9.59 Å². The highest BCUT2D eigenvalue weighted by Crippen LogP contribution is 2.22. The average Bonchev–Trinajstić information content (AvgIpc) is 3.62. The number of nitrogens with zero attached hydrogens (tertiary/aromatic N) is 5. The van der Waals surface area contributed by atoms with E-state index in [-0.39, 0.29) is 11.8 Å². The van der Waals surface area contributed by atoms with Crippen LogP contribution < -0.4 is 4.90 Å². The molecule has 3 heterocycles. The fraction of sp³-hybridized carbons (Fsp3) is 0.344. The number of aromatic nitrogens is 2. The van der Waals surface area contributed by atoms with Crippen LogP contribution in [0.1, 0.15) is 56.0 Å². The lowest BCUT2D eigenvalue weighted by Gasteiger charge is -2.36. The maximum absolute atomic E-state index is 13.4.